The van der Waals surface area contributed by atoms with E-state index in [0.717, 1.165) is 31.7 Å². The lowest BCUT2D eigenvalue weighted by atomic mass is 10.1. The first-order valence-corrected chi connectivity index (χ1v) is 7.54. The molecule has 2 rings (SSSR count). The van der Waals surface area contributed by atoms with E-state index in [1.165, 1.54) is 25.7 Å². The first-order valence-electron chi connectivity index (χ1n) is 6.49. The maximum absolute atomic E-state index is 11.8. The Morgan fingerprint density at radius 1 is 1.31 bits per heavy atom. The lowest BCUT2D eigenvalue weighted by Gasteiger charge is -2.20. The molecule has 2 aliphatic rings. The van der Waals surface area contributed by atoms with Crippen LogP contribution >= 0.6 is 11.8 Å². The summed E-state index contributed by atoms with van der Waals surface area (Å²) in [5.41, 5.74) is 0. The summed E-state index contributed by atoms with van der Waals surface area (Å²) in [5.74, 6) is 1.42. The van der Waals surface area contributed by atoms with Gasteiger partial charge in [-0.3, -0.25) is 4.79 Å². The minimum Gasteiger partial charge on any atom is -0.355 e. The van der Waals surface area contributed by atoms with Crippen LogP contribution in [0.4, 0.5) is 0 Å². The highest BCUT2D eigenvalue weighted by molar-refractivity contribution is 8.00. The largest absolute Gasteiger partial charge is 0.355 e. The van der Waals surface area contributed by atoms with E-state index < -0.39 is 0 Å². The number of carbonyl (C=O) groups excluding carboxylic acids is 1. The number of nitrogens with one attached hydrogen (secondary N) is 2. The predicted octanol–water partition coefficient (Wildman–Crippen LogP) is 1.53. The van der Waals surface area contributed by atoms with Gasteiger partial charge in [0.15, 0.2) is 0 Å². The summed E-state index contributed by atoms with van der Waals surface area (Å²) < 4.78 is 0. The summed E-state index contributed by atoms with van der Waals surface area (Å²) in [6.07, 6.45) is 7.21. The number of thioether (sulfide) groups is 1. The molecule has 0 aliphatic carbocycles. The Kier molecular flexibility index (Phi) is 4.97. The molecule has 0 spiro atoms. The van der Waals surface area contributed by atoms with Crippen LogP contribution in [0.5, 0.6) is 0 Å². The Labute approximate surface area is 102 Å². The van der Waals surface area contributed by atoms with Gasteiger partial charge in [-0.2, -0.15) is 0 Å². The molecule has 3 nitrogen and oxygen atoms in total. The number of hydrogen-bond acceptors (Lipinski definition) is 3. The minimum atomic E-state index is 0.227. The summed E-state index contributed by atoms with van der Waals surface area (Å²) >= 11 is 1.83. The van der Waals surface area contributed by atoms with E-state index in [1.807, 2.05) is 11.8 Å². The summed E-state index contributed by atoms with van der Waals surface area (Å²) in [5, 5.41) is 6.76. The molecule has 0 bridgehead atoms. The van der Waals surface area contributed by atoms with Crippen molar-refractivity contribution in [1.82, 2.24) is 10.6 Å². The maximum atomic E-state index is 11.8. The molecule has 0 aromatic carbocycles. The monoisotopic (exact) mass is 242 g/mol. The highest BCUT2D eigenvalue weighted by atomic mass is 32.2. The normalized spacial score (nSPS) is 30.2. The van der Waals surface area contributed by atoms with Crippen molar-refractivity contribution in [1.29, 1.82) is 0 Å². The van der Waals surface area contributed by atoms with E-state index in [0.29, 0.717) is 6.04 Å². The van der Waals surface area contributed by atoms with Crippen molar-refractivity contribution in [2.24, 2.45) is 0 Å². The van der Waals surface area contributed by atoms with Crippen LogP contribution in [0.1, 0.15) is 38.5 Å². The molecular weight excluding hydrogens is 220 g/mol. The Hall–Kier alpha value is -0.220. The number of amides is 1. The molecule has 0 aromatic heterocycles. The van der Waals surface area contributed by atoms with E-state index in [-0.39, 0.29) is 11.2 Å². The van der Waals surface area contributed by atoms with E-state index in [1.54, 1.807) is 0 Å². The predicted molar refractivity (Wildman–Crippen MR) is 68.7 cm³/mol. The molecule has 0 aromatic rings. The average molecular weight is 242 g/mol. The first-order chi connectivity index (χ1) is 7.86. The van der Waals surface area contributed by atoms with Gasteiger partial charge in [0.05, 0.1) is 5.25 Å². The van der Waals surface area contributed by atoms with Crippen LogP contribution in [0.25, 0.3) is 0 Å². The molecule has 0 saturated carbocycles. The molecule has 2 fully saturated rings. The number of hydrogen-bond donors (Lipinski definition) is 2. The lowest BCUT2D eigenvalue weighted by Crippen LogP contribution is -2.36. The Morgan fingerprint density at radius 3 is 2.94 bits per heavy atom. The number of rotatable bonds is 4. The zero-order valence-electron chi connectivity index (χ0n) is 9.84. The molecule has 2 saturated heterocycles. The van der Waals surface area contributed by atoms with Crippen molar-refractivity contribution in [2.75, 3.05) is 18.8 Å². The van der Waals surface area contributed by atoms with Gasteiger partial charge >= 0.3 is 0 Å². The molecule has 2 heterocycles. The van der Waals surface area contributed by atoms with Crippen molar-refractivity contribution in [3.8, 4) is 0 Å². The Bertz CT molecular complexity index is 223. The van der Waals surface area contributed by atoms with Crippen molar-refractivity contribution < 1.29 is 4.79 Å². The van der Waals surface area contributed by atoms with Crippen LogP contribution in [-0.2, 0) is 4.79 Å². The van der Waals surface area contributed by atoms with Crippen molar-refractivity contribution in [3.05, 3.63) is 0 Å². The van der Waals surface area contributed by atoms with Gasteiger partial charge in [-0.05, 0) is 44.4 Å². The zero-order valence-corrected chi connectivity index (χ0v) is 10.7. The quantitative estimate of drug-likeness (QED) is 0.785. The van der Waals surface area contributed by atoms with Crippen LogP contribution < -0.4 is 10.6 Å². The smallest absolute Gasteiger partial charge is 0.233 e. The van der Waals surface area contributed by atoms with Crippen molar-refractivity contribution in [2.45, 2.75) is 49.8 Å². The highest BCUT2D eigenvalue weighted by Gasteiger charge is 2.21. The van der Waals surface area contributed by atoms with Crippen LogP contribution in [0.3, 0.4) is 0 Å². The minimum absolute atomic E-state index is 0.227. The van der Waals surface area contributed by atoms with E-state index in [2.05, 4.69) is 10.6 Å². The number of carbonyl (C=O) groups is 1. The molecule has 2 unspecified atom stereocenters. The second-order valence-electron chi connectivity index (χ2n) is 4.73. The fourth-order valence-corrected chi connectivity index (χ4v) is 3.66. The third kappa shape index (κ3) is 3.67. The van der Waals surface area contributed by atoms with Crippen molar-refractivity contribution >= 4 is 17.7 Å². The first kappa shape index (κ1) is 12.2. The molecule has 0 radical (unpaired) electrons. The van der Waals surface area contributed by atoms with Gasteiger partial charge < -0.3 is 10.6 Å². The van der Waals surface area contributed by atoms with Gasteiger partial charge in [0, 0.05) is 12.6 Å². The maximum Gasteiger partial charge on any atom is 0.233 e. The fourth-order valence-electron chi connectivity index (χ4n) is 2.43. The summed E-state index contributed by atoms with van der Waals surface area (Å²) in [4.78, 5) is 11.8. The lowest BCUT2D eigenvalue weighted by molar-refractivity contribution is -0.120. The Balaban J connectivity index is 1.59. The molecule has 16 heavy (non-hydrogen) atoms. The second kappa shape index (κ2) is 6.50. The van der Waals surface area contributed by atoms with Crippen LogP contribution in [0.2, 0.25) is 0 Å². The van der Waals surface area contributed by atoms with Crippen LogP contribution in [0, 0.1) is 0 Å². The molecule has 2 aliphatic heterocycles. The van der Waals surface area contributed by atoms with Crippen LogP contribution in [-0.4, -0.2) is 36.0 Å². The van der Waals surface area contributed by atoms with Crippen molar-refractivity contribution in [3.63, 3.8) is 0 Å². The van der Waals surface area contributed by atoms with Gasteiger partial charge in [0.2, 0.25) is 5.91 Å². The van der Waals surface area contributed by atoms with E-state index in [4.69, 9.17) is 0 Å². The molecule has 2 atom stereocenters. The van der Waals surface area contributed by atoms with Gasteiger partial charge in [-0.1, -0.05) is 6.42 Å². The van der Waals surface area contributed by atoms with Gasteiger partial charge in [0.25, 0.3) is 0 Å². The molecule has 92 valence electrons. The third-order valence-electron chi connectivity index (χ3n) is 3.43. The van der Waals surface area contributed by atoms with Crippen LogP contribution in [0.15, 0.2) is 0 Å². The summed E-state index contributed by atoms with van der Waals surface area (Å²) in [6, 6.07) is 0.638. The van der Waals surface area contributed by atoms with Gasteiger partial charge in [-0.25, -0.2) is 0 Å². The molecule has 2 N–H and O–H groups in total. The van der Waals surface area contributed by atoms with Gasteiger partial charge in [-0.15, -0.1) is 11.8 Å². The molecular formula is C12H22N2OS. The third-order valence-corrected chi connectivity index (χ3v) is 4.80. The molecule has 1 amide bonds. The summed E-state index contributed by atoms with van der Waals surface area (Å²) in [7, 11) is 0. The molecule has 4 heteroatoms. The van der Waals surface area contributed by atoms with Gasteiger partial charge in [0.1, 0.15) is 0 Å². The standard InChI is InChI=1S/C12H22N2OS/c15-12(11-5-1-2-9-16-11)14-8-6-10-4-3-7-13-10/h10-11,13H,1-9H2,(H,14,15). The zero-order chi connectivity index (χ0) is 11.2. The average Bonchev–Trinajstić information content (AvgIpc) is 2.83. The Morgan fingerprint density at radius 2 is 2.25 bits per heavy atom. The second-order valence-corrected chi connectivity index (χ2v) is 6.04. The van der Waals surface area contributed by atoms with E-state index >= 15 is 0 Å². The topological polar surface area (TPSA) is 41.1 Å². The highest BCUT2D eigenvalue weighted by Crippen LogP contribution is 2.24. The SMILES string of the molecule is O=C(NCCC1CCCN1)C1CCCCS1. The van der Waals surface area contributed by atoms with E-state index in [9.17, 15) is 4.79 Å². The summed E-state index contributed by atoms with van der Waals surface area (Å²) in [6.45, 7) is 1.99. The fraction of sp³-hybridized carbons (Fsp3) is 0.917.